The highest BCUT2D eigenvalue weighted by atomic mass is 79.9. The van der Waals surface area contributed by atoms with Crippen molar-refractivity contribution in [2.45, 2.75) is 25.1 Å². The van der Waals surface area contributed by atoms with E-state index in [1.807, 2.05) is 6.07 Å². The van der Waals surface area contributed by atoms with Crippen molar-refractivity contribution in [1.29, 1.82) is 0 Å². The van der Waals surface area contributed by atoms with Crippen molar-refractivity contribution in [2.24, 2.45) is 0 Å². The Hall–Kier alpha value is -1.94. The lowest BCUT2D eigenvalue weighted by atomic mass is 9.97. The summed E-state index contributed by atoms with van der Waals surface area (Å²) in [7, 11) is 3.33. The molecule has 0 aliphatic heterocycles. The minimum absolute atomic E-state index is 0.736. The Balaban J connectivity index is 2.22. The van der Waals surface area contributed by atoms with Crippen LogP contribution in [0.2, 0.25) is 0 Å². The summed E-state index contributed by atoms with van der Waals surface area (Å²) < 4.78 is 16.9. The normalized spacial score (nSPS) is 11.0. The fourth-order valence-corrected chi connectivity index (χ4v) is 3.53. The topological polar surface area (TPSA) is 27.7 Å². The summed E-state index contributed by atoms with van der Waals surface area (Å²) in [5.41, 5.74) is 1.23. The van der Waals surface area contributed by atoms with E-state index < -0.39 is 0 Å². The van der Waals surface area contributed by atoms with Gasteiger partial charge in [-0.3, -0.25) is 0 Å². The van der Waals surface area contributed by atoms with Crippen LogP contribution >= 0.6 is 15.9 Å². The van der Waals surface area contributed by atoms with Crippen molar-refractivity contribution in [3.63, 3.8) is 0 Å². The second-order valence-corrected chi connectivity index (χ2v) is 6.57. The smallest absolute Gasteiger partial charge is 0.161 e. The van der Waals surface area contributed by atoms with Crippen LogP contribution in [0.15, 0.2) is 36.4 Å². The first-order valence-corrected chi connectivity index (χ1v) is 9.64. The molecule has 3 aromatic rings. The van der Waals surface area contributed by atoms with Gasteiger partial charge in [-0.05, 0) is 63.9 Å². The molecule has 0 heterocycles. The Morgan fingerprint density at radius 2 is 1.60 bits per heavy atom. The largest absolute Gasteiger partial charge is 0.494 e. The zero-order valence-corrected chi connectivity index (χ0v) is 16.5. The van der Waals surface area contributed by atoms with Gasteiger partial charge in [-0.2, -0.15) is 0 Å². The van der Waals surface area contributed by atoms with Crippen molar-refractivity contribution < 1.29 is 14.2 Å². The number of hydrogen-bond acceptors (Lipinski definition) is 3. The van der Waals surface area contributed by atoms with Gasteiger partial charge in [0, 0.05) is 5.33 Å². The van der Waals surface area contributed by atoms with Gasteiger partial charge in [0.15, 0.2) is 11.5 Å². The van der Waals surface area contributed by atoms with Crippen LogP contribution in [-0.4, -0.2) is 20.8 Å². The van der Waals surface area contributed by atoms with E-state index >= 15 is 0 Å². The molecule has 25 heavy (non-hydrogen) atoms. The highest BCUT2D eigenvalue weighted by Gasteiger charge is 2.12. The van der Waals surface area contributed by atoms with Crippen LogP contribution in [-0.2, 0) is 5.33 Å². The van der Waals surface area contributed by atoms with E-state index in [2.05, 4.69) is 53.2 Å². The molecule has 0 bridgehead atoms. The fourth-order valence-electron chi connectivity index (χ4n) is 3.06. The molecular weight excluding hydrogens is 380 g/mol. The summed E-state index contributed by atoms with van der Waals surface area (Å²) in [4.78, 5) is 0. The third-order valence-electron chi connectivity index (χ3n) is 4.42. The predicted molar refractivity (Wildman–Crippen MR) is 108 cm³/mol. The molecule has 0 radical (unpaired) electrons. The van der Waals surface area contributed by atoms with Crippen LogP contribution in [0.5, 0.6) is 17.2 Å². The van der Waals surface area contributed by atoms with Crippen LogP contribution in [0.3, 0.4) is 0 Å². The molecule has 0 spiro atoms. The molecule has 3 rings (SSSR count). The highest BCUT2D eigenvalue weighted by molar-refractivity contribution is 9.08. The van der Waals surface area contributed by atoms with Crippen molar-refractivity contribution in [3.8, 4) is 17.2 Å². The van der Waals surface area contributed by atoms with Gasteiger partial charge in [-0.1, -0.05) is 35.3 Å². The lowest BCUT2D eigenvalue weighted by Crippen LogP contribution is -1.97. The van der Waals surface area contributed by atoms with Gasteiger partial charge in [0.25, 0.3) is 0 Å². The Labute approximate surface area is 157 Å². The number of rotatable bonds is 7. The van der Waals surface area contributed by atoms with Crippen LogP contribution in [0, 0.1) is 0 Å². The maximum atomic E-state index is 5.90. The molecule has 0 aliphatic carbocycles. The van der Waals surface area contributed by atoms with Gasteiger partial charge in [0.2, 0.25) is 0 Å². The summed E-state index contributed by atoms with van der Waals surface area (Å²) in [6.07, 6.45) is 2.19. The summed E-state index contributed by atoms with van der Waals surface area (Å²) in [6, 6.07) is 12.6. The average Bonchev–Trinajstić information content (AvgIpc) is 2.66. The summed E-state index contributed by atoms with van der Waals surface area (Å²) in [6.45, 7) is 2.91. The molecule has 0 aromatic heterocycles. The number of hydrogen-bond donors (Lipinski definition) is 0. The average molecular weight is 403 g/mol. The Morgan fingerprint density at radius 3 is 2.24 bits per heavy atom. The SMILES string of the molecule is CCCCOc1ccc2cc(CBr)c3cc(OC)c(OC)cc3c2c1. The van der Waals surface area contributed by atoms with Crippen LogP contribution in [0.4, 0.5) is 0 Å². The zero-order valence-electron chi connectivity index (χ0n) is 14.9. The molecular formula is C21H23BrO3. The maximum Gasteiger partial charge on any atom is 0.161 e. The van der Waals surface area contributed by atoms with Crippen molar-refractivity contribution in [3.05, 3.63) is 42.0 Å². The molecule has 0 aliphatic rings. The van der Waals surface area contributed by atoms with Crippen molar-refractivity contribution in [1.82, 2.24) is 0 Å². The second-order valence-electron chi connectivity index (χ2n) is 6.01. The number of fused-ring (bicyclic) bond motifs is 3. The third-order valence-corrected chi connectivity index (χ3v) is 5.03. The minimum atomic E-state index is 0.736. The van der Waals surface area contributed by atoms with E-state index in [9.17, 15) is 0 Å². The summed E-state index contributed by atoms with van der Waals surface area (Å²) in [5.74, 6) is 2.39. The van der Waals surface area contributed by atoms with Gasteiger partial charge in [-0.15, -0.1) is 0 Å². The molecule has 3 nitrogen and oxygen atoms in total. The van der Waals surface area contributed by atoms with Crippen LogP contribution in [0.25, 0.3) is 21.5 Å². The number of ether oxygens (including phenoxy) is 3. The first-order valence-electron chi connectivity index (χ1n) is 8.52. The third kappa shape index (κ3) is 3.54. The first kappa shape index (κ1) is 17.9. The van der Waals surface area contributed by atoms with Crippen LogP contribution < -0.4 is 14.2 Å². The molecule has 0 atom stereocenters. The predicted octanol–water partition coefficient (Wildman–Crippen LogP) is 6.08. The Bertz CT molecular complexity index is 889. The number of benzene rings is 3. The van der Waals surface area contributed by atoms with E-state index in [0.29, 0.717) is 0 Å². The monoisotopic (exact) mass is 402 g/mol. The molecule has 4 heteroatoms. The quantitative estimate of drug-likeness (QED) is 0.272. The van der Waals surface area contributed by atoms with Crippen LogP contribution in [0.1, 0.15) is 25.3 Å². The van der Waals surface area contributed by atoms with E-state index in [1.54, 1.807) is 14.2 Å². The van der Waals surface area contributed by atoms with Gasteiger partial charge in [-0.25, -0.2) is 0 Å². The highest BCUT2D eigenvalue weighted by Crippen LogP contribution is 2.39. The molecule has 3 aromatic carbocycles. The zero-order chi connectivity index (χ0) is 17.8. The lowest BCUT2D eigenvalue weighted by molar-refractivity contribution is 0.310. The van der Waals surface area contributed by atoms with E-state index in [1.165, 1.54) is 10.9 Å². The van der Waals surface area contributed by atoms with Crippen molar-refractivity contribution in [2.75, 3.05) is 20.8 Å². The Morgan fingerprint density at radius 1 is 0.880 bits per heavy atom. The molecule has 0 amide bonds. The van der Waals surface area contributed by atoms with E-state index in [-0.39, 0.29) is 0 Å². The van der Waals surface area contributed by atoms with Gasteiger partial charge in [0.05, 0.1) is 20.8 Å². The second kappa shape index (κ2) is 7.96. The molecule has 0 fully saturated rings. The van der Waals surface area contributed by atoms with Gasteiger partial charge < -0.3 is 14.2 Å². The fraction of sp³-hybridized carbons (Fsp3) is 0.333. The molecule has 0 N–H and O–H groups in total. The summed E-state index contributed by atoms with van der Waals surface area (Å²) in [5, 5.41) is 5.44. The summed E-state index contributed by atoms with van der Waals surface area (Å²) >= 11 is 3.61. The van der Waals surface area contributed by atoms with Gasteiger partial charge >= 0.3 is 0 Å². The number of unbranched alkanes of at least 4 members (excludes halogenated alkanes) is 1. The molecule has 132 valence electrons. The standard InChI is InChI=1S/C21H23BrO3/c1-4-5-8-25-16-7-6-14-9-15(13-22)18-11-20(23-2)21(24-3)12-19(18)17(14)10-16/h6-7,9-12H,4-5,8,13H2,1-3H3. The Kier molecular flexibility index (Phi) is 5.69. The number of methoxy groups -OCH3 is 2. The van der Waals surface area contributed by atoms with E-state index in [4.69, 9.17) is 14.2 Å². The number of halogens is 1. The minimum Gasteiger partial charge on any atom is -0.494 e. The van der Waals surface area contributed by atoms with E-state index in [0.717, 1.165) is 58.2 Å². The first-order chi connectivity index (χ1) is 12.2. The van der Waals surface area contributed by atoms with Crippen molar-refractivity contribution >= 4 is 37.5 Å². The molecule has 0 unspecified atom stereocenters. The maximum absolute atomic E-state index is 5.90. The van der Waals surface area contributed by atoms with Gasteiger partial charge in [0.1, 0.15) is 5.75 Å². The lowest BCUT2D eigenvalue weighted by Gasteiger charge is -2.14. The molecule has 0 saturated carbocycles. The molecule has 0 saturated heterocycles. The number of alkyl halides is 1.